The summed E-state index contributed by atoms with van der Waals surface area (Å²) >= 11 is 0. The van der Waals surface area contributed by atoms with E-state index in [1.54, 1.807) is 36.6 Å². The van der Waals surface area contributed by atoms with E-state index in [9.17, 15) is 9.59 Å². The van der Waals surface area contributed by atoms with Gasteiger partial charge in [-0.25, -0.2) is 0 Å². The maximum absolute atomic E-state index is 12.3. The van der Waals surface area contributed by atoms with E-state index in [1.165, 1.54) is 11.2 Å². The lowest BCUT2D eigenvalue weighted by atomic mass is 10.2. The zero-order chi connectivity index (χ0) is 14.0. The summed E-state index contributed by atoms with van der Waals surface area (Å²) in [4.78, 5) is 24.4. The van der Waals surface area contributed by atoms with Crippen LogP contribution in [0.4, 0.5) is 0 Å². The highest BCUT2D eigenvalue weighted by Crippen LogP contribution is 2.10. The smallest absolute Gasteiger partial charge is 0.323 e. The van der Waals surface area contributed by atoms with Crippen molar-refractivity contribution in [2.45, 2.75) is 19.9 Å². The predicted molar refractivity (Wildman–Crippen MR) is 66.8 cm³/mol. The van der Waals surface area contributed by atoms with Gasteiger partial charge in [0.25, 0.3) is 5.91 Å². The number of aliphatic carboxylic acids is 1. The van der Waals surface area contributed by atoms with Crippen molar-refractivity contribution in [2.75, 3.05) is 6.54 Å². The molecule has 2 aromatic rings. The van der Waals surface area contributed by atoms with Crippen molar-refractivity contribution >= 4 is 17.5 Å². The fourth-order valence-corrected chi connectivity index (χ4v) is 1.75. The first-order chi connectivity index (χ1) is 8.99. The van der Waals surface area contributed by atoms with Crippen LogP contribution in [0.5, 0.6) is 0 Å². The Labute approximate surface area is 109 Å². The minimum absolute atomic E-state index is 0.194. The van der Waals surface area contributed by atoms with Crippen LogP contribution >= 0.6 is 0 Å². The monoisotopic (exact) mass is 262 g/mol. The molecule has 0 aliphatic carbocycles. The third-order valence-electron chi connectivity index (χ3n) is 2.73. The van der Waals surface area contributed by atoms with Crippen LogP contribution < -0.4 is 0 Å². The maximum Gasteiger partial charge on any atom is 0.323 e. The summed E-state index contributed by atoms with van der Waals surface area (Å²) < 4.78 is 1.62. The molecule has 100 valence electrons. The number of carbonyl (C=O) groups excluding carboxylic acids is 1. The van der Waals surface area contributed by atoms with E-state index in [0.29, 0.717) is 11.2 Å². The number of fused-ring (bicyclic) bond motifs is 1. The SMILES string of the molecule is CC(C)N(CC(=O)O)C(=O)c1ccc2nncn2c1. The number of hydrogen-bond donors (Lipinski definition) is 1. The molecule has 0 aliphatic rings. The third-order valence-corrected chi connectivity index (χ3v) is 2.73. The average Bonchev–Trinajstić information content (AvgIpc) is 2.81. The molecule has 0 radical (unpaired) electrons. The summed E-state index contributed by atoms with van der Waals surface area (Å²) in [5, 5.41) is 16.4. The molecule has 0 bridgehead atoms. The van der Waals surface area contributed by atoms with E-state index < -0.39 is 5.97 Å². The Balaban J connectivity index is 2.32. The molecule has 1 amide bonds. The molecule has 0 aliphatic heterocycles. The second-order valence-corrected chi connectivity index (χ2v) is 4.43. The van der Waals surface area contributed by atoms with Crippen LogP contribution in [-0.4, -0.2) is 49.1 Å². The summed E-state index contributed by atoms with van der Waals surface area (Å²) in [6, 6.07) is 3.09. The lowest BCUT2D eigenvalue weighted by molar-refractivity contribution is -0.138. The Kier molecular flexibility index (Phi) is 3.46. The fraction of sp³-hybridized carbons (Fsp3) is 0.333. The zero-order valence-corrected chi connectivity index (χ0v) is 10.6. The molecule has 7 nitrogen and oxygen atoms in total. The highest BCUT2D eigenvalue weighted by molar-refractivity contribution is 5.96. The first-order valence-electron chi connectivity index (χ1n) is 5.81. The molecule has 19 heavy (non-hydrogen) atoms. The Morgan fingerprint density at radius 1 is 1.42 bits per heavy atom. The molecule has 2 heterocycles. The van der Waals surface area contributed by atoms with Gasteiger partial charge in [0.2, 0.25) is 0 Å². The number of pyridine rings is 1. The summed E-state index contributed by atoms with van der Waals surface area (Å²) in [6.45, 7) is 3.23. The first kappa shape index (κ1) is 13.0. The van der Waals surface area contributed by atoms with Gasteiger partial charge in [-0.1, -0.05) is 0 Å². The Morgan fingerprint density at radius 2 is 2.16 bits per heavy atom. The van der Waals surface area contributed by atoms with Gasteiger partial charge >= 0.3 is 5.97 Å². The number of nitrogens with zero attached hydrogens (tertiary/aromatic N) is 4. The normalized spacial score (nSPS) is 10.9. The zero-order valence-electron chi connectivity index (χ0n) is 10.6. The van der Waals surface area contributed by atoms with Crippen molar-refractivity contribution < 1.29 is 14.7 Å². The lowest BCUT2D eigenvalue weighted by Gasteiger charge is -2.24. The summed E-state index contributed by atoms with van der Waals surface area (Å²) in [7, 11) is 0. The van der Waals surface area contributed by atoms with E-state index in [2.05, 4.69) is 10.2 Å². The van der Waals surface area contributed by atoms with Gasteiger partial charge in [0.1, 0.15) is 12.9 Å². The molecular weight excluding hydrogens is 248 g/mol. The Morgan fingerprint density at radius 3 is 2.79 bits per heavy atom. The van der Waals surface area contributed by atoms with Gasteiger partial charge in [-0.05, 0) is 26.0 Å². The van der Waals surface area contributed by atoms with Crippen molar-refractivity contribution in [1.82, 2.24) is 19.5 Å². The van der Waals surface area contributed by atoms with Crippen LogP contribution in [0.3, 0.4) is 0 Å². The van der Waals surface area contributed by atoms with Crippen LogP contribution in [0.25, 0.3) is 5.65 Å². The second-order valence-electron chi connectivity index (χ2n) is 4.43. The van der Waals surface area contributed by atoms with Crippen LogP contribution in [-0.2, 0) is 4.79 Å². The lowest BCUT2D eigenvalue weighted by Crippen LogP contribution is -2.40. The van der Waals surface area contributed by atoms with E-state index >= 15 is 0 Å². The van der Waals surface area contributed by atoms with Gasteiger partial charge in [-0.15, -0.1) is 10.2 Å². The number of amides is 1. The minimum Gasteiger partial charge on any atom is -0.480 e. The number of carboxylic acid groups (broad SMARTS) is 1. The van der Waals surface area contributed by atoms with E-state index in [4.69, 9.17) is 5.11 Å². The minimum atomic E-state index is -1.03. The van der Waals surface area contributed by atoms with Crippen LogP contribution in [0.15, 0.2) is 24.7 Å². The van der Waals surface area contributed by atoms with Crippen molar-refractivity contribution in [2.24, 2.45) is 0 Å². The molecule has 0 fully saturated rings. The standard InChI is InChI=1S/C12H14N4O3/c1-8(2)16(6-11(17)18)12(19)9-3-4-10-14-13-7-15(10)5-9/h3-5,7-8H,6H2,1-2H3,(H,17,18). The molecule has 0 aromatic carbocycles. The fourth-order valence-electron chi connectivity index (χ4n) is 1.75. The Bertz CT molecular complexity index is 620. The molecule has 0 saturated carbocycles. The molecule has 0 spiro atoms. The second kappa shape index (κ2) is 5.05. The van der Waals surface area contributed by atoms with E-state index in [0.717, 1.165) is 0 Å². The third kappa shape index (κ3) is 2.70. The van der Waals surface area contributed by atoms with Gasteiger partial charge in [0.15, 0.2) is 5.65 Å². The van der Waals surface area contributed by atoms with Crippen molar-refractivity contribution in [3.63, 3.8) is 0 Å². The largest absolute Gasteiger partial charge is 0.480 e. The van der Waals surface area contributed by atoms with Crippen LogP contribution in [0, 0.1) is 0 Å². The molecule has 1 N–H and O–H groups in total. The van der Waals surface area contributed by atoms with Crippen LogP contribution in [0.2, 0.25) is 0 Å². The Hall–Kier alpha value is -2.44. The van der Waals surface area contributed by atoms with Crippen molar-refractivity contribution in [3.8, 4) is 0 Å². The highest BCUT2D eigenvalue weighted by Gasteiger charge is 2.21. The molecular formula is C12H14N4O3. The predicted octanol–water partition coefficient (Wildman–Crippen LogP) is 0.664. The molecule has 7 heteroatoms. The summed E-state index contributed by atoms with van der Waals surface area (Å²) in [6.07, 6.45) is 3.08. The van der Waals surface area contributed by atoms with Gasteiger partial charge in [0.05, 0.1) is 5.56 Å². The van der Waals surface area contributed by atoms with Crippen molar-refractivity contribution in [3.05, 3.63) is 30.2 Å². The molecule has 0 atom stereocenters. The number of carboxylic acids is 1. The van der Waals surface area contributed by atoms with Gasteiger partial charge in [-0.3, -0.25) is 14.0 Å². The highest BCUT2D eigenvalue weighted by atomic mass is 16.4. The molecule has 0 saturated heterocycles. The maximum atomic E-state index is 12.3. The topological polar surface area (TPSA) is 87.8 Å². The van der Waals surface area contributed by atoms with E-state index in [-0.39, 0.29) is 18.5 Å². The van der Waals surface area contributed by atoms with Crippen molar-refractivity contribution in [1.29, 1.82) is 0 Å². The summed E-state index contributed by atoms with van der Waals surface area (Å²) in [5.74, 6) is -1.36. The molecule has 2 aromatic heterocycles. The van der Waals surface area contributed by atoms with Gasteiger partial charge < -0.3 is 10.0 Å². The van der Waals surface area contributed by atoms with Gasteiger partial charge in [0, 0.05) is 12.2 Å². The van der Waals surface area contributed by atoms with Gasteiger partial charge in [-0.2, -0.15) is 0 Å². The molecule has 0 unspecified atom stereocenters. The summed E-state index contributed by atoms with van der Waals surface area (Å²) in [5.41, 5.74) is 1.04. The quantitative estimate of drug-likeness (QED) is 0.874. The van der Waals surface area contributed by atoms with E-state index in [1.807, 2.05) is 0 Å². The number of hydrogen-bond acceptors (Lipinski definition) is 4. The number of rotatable bonds is 4. The number of carbonyl (C=O) groups is 2. The molecule has 2 rings (SSSR count). The average molecular weight is 262 g/mol. The van der Waals surface area contributed by atoms with Crippen LogP contribution in [0.1, 0.15) is 24.2 Å². The first-order valence-corrected chi connectivity index (χ1v) is 5.81. The number of aromatic nitrogens is 3.